The van der Waals surface area contributed by atoms with E-state index in [-0.39, 0.29) is 5.41 Å². The highest BCUT2D eigenvalue weighted by atomic mass is 28.3. The minimum atomic E-state index is -1.50. The van der Waals surface area contributed by atoms with Gasteiger partial charge in [-0.25, -0.2) is 19.8 Å². The highest BCUT2D eigenvalue weighted by Gasteiger charge is 2.35. The maximum absolute atomic E-state index is 7.39. The fraction of sp³-hybridized carbons (Fsp3) is 0.209. The molecule has 0 atom stereocenters. The maximum atomic E-state index is 7.39. The number of aromatic nitrogens is 3. The van der Waals surface area contributed by atoms with Crippen molar-refractivity contribution in [2.24, 2.45) is 0 Å². The Kier molecular flexibility index (Phi) is 8.15. The van der Waals surface area contributed by atoms with Gasteiger partial charge in [-0.3, -0.25) is 0 Å². The van der Waals surface area contributed by atoms with E-state index >= 15 is 0 Å². The van der Waals surface area contributed by atoms with Crippen molar-refractivity contribution >= 4 is 18.9 Å². The van der Waals surface area contributed by atoms with E-state index in [4.69, 9.17) is 21.5 Å². The average Bonchev–Trinajstić information content (AvgIpc) is 3.38. The van der Waals surface area contributed by atoms with Crippen molar-refractivity contribution in [1.82, 2.24) is 15.0 Å². The van der Waals surface area contributed by atoms with Crippen molar-refractivity contribution in [3.8, 4) is 56.4 Å². The number of hydrogen-bond acceptors (Lipinski definition) is 3. The molecule has 0 fully saturated rings. The predicted octanol–water partition coefficient (Wildman–Crippen LogP) is 11.1. The van der Waals surface area contributed by atoms with Gasteiger partial charge in [0.15, 0.2) is 23.2 Å². The molecule has 1 aliphatic rings. The fourth-order valence-corrected chi connectivity index (χ4v) is 11.1. The van der Waals surface area contributed by atoms with Crippen molar-refractivity contribution in [2.45, 2.75) is 58.2 Å². The van der Waals surface area contributed by atoms with Crippen molar-refractivity contribution in [3.05, 3.63) is 138 Å². The number of rotatable bonds is 8. The molecular formula is C43H40N4Si. The standard InChI is InChI=1S/C43H40N4Si/c1-7-48(8-2,9-3)35-24-19-30(20-25-35)41-45-40(29-17-22-34(44-6)23-18-29)46-42(47-41)33-14-12-13-31(27-33)32-21-26-37-36-15-10-11-16-38(36)43(4,5)39(37)28-32/h10-28H,7-9H2,1-5H3. The van der Waals surface area contributed by atoms with Gasteiger partial charge in [0.05, 0.1) is 14.6 Å². The first-order chi connectivity index (χ1) is 23.3. The van der Waals surface area contributed by atoms with Gasteiger partial charge < -0.3 is 0 Å². The van der Waals surface area contributed by atoms with Crippen LogP contribution in [-0.2, 0) is 5.41 Å². The Bertz CT molecular complexity index is 2160. The number of hydrogen-bond donors (Lipinski definition) is 0. The van der Waals surface area contributed by atoms with Crippen molar-refractivity contribution in [3.63, 3.8) is 0 Å². The van der Waals surface area contributed by atoms with E-state index in [0.29, 0.717) is 23.2 Å². The van der Waals surface area contributed by atoms with Crippen LogP contribution in [0, 0.1) is 6.57 Å². The molecule has 1 aromatic heterocycles. The SMILES string of the molecule is [C-]#[N+]c1ccc(-c2nc(-c3ccc([Si](CC)(CC)CC)cc3)nc(-c3cccc(-c4ccc5c(c4)C(C)(C)c4ccccc4-5)c3)n2)cc1. The Balaban J connectivity index is 1.31. The summed E-state index contributed by atoms with van der Waals surface area (Å²) in [5.74, 6) is 1.87. The first-order valence-electron chi connectivity index (χ1n) is 17.0. The summed E-state index contributed by atoms with van der Waals surface area (Å²) in [6.07, 6.45) is 0. The Hall–Kier alpha value is -5.18. The second kappa shape index (κ2) is 12.4. The Morgan fingerprint density at radius 2 is 1.06 bits per heavy atom. The lowest BCUT2D eigenvalue weighted by Crippen LogP contribution is -2.45. The largest absolute Gasteiger partial charge is 0.238 e. The minimum Gasteiger partial charge on any atom is -0.238 e. The number of benzene rings is 5. The lowest BCUT2D eigenvalue weighted by Gasteiger charge is -2.28. The van der Waals surface area contributed by atoms with Gasteiger partial charge in [0, 0.05) is 22.1 Å². The molecule has 0 aliphatic heterocycles. The zero-order valence-corrected chi connectivity index (χ0v) is 29.4. The summed E-state index contributed by atoms with van der Waals surface area (Å²) >= 11 is 0. The van der Waals surface area contributed by atoms with E-state index in [1.165, 1.54) is 51.1 Å². The number of fused-ring (bicyclic) bond motifs is 3. The quantitative estimate of drug-likeness (QED) is 0.123. The van der Waals surface area contributed by atoms with Crippen LogP contribution in [0.1, 0.15) is 45.7 Å². The monoisotopic (exact) mass is 640 g/mol. The van der Waals surface area contributed by atoms with E-state index in [1.807, 2.05) is 24.3 Å². The van der Waals surface area contributed by atoms with Crippen LogP contribution in [-0.4, -0.2) is 23.0 Å². The summed E-state index contributed by atoms with van der Waals surface area (Å²) in [6, 6.07) is 44.3. The zero-order valence-electron chi connectivity index (χ0n) is 28.4. The van der Waals surface area contributed by atoms with Gasteiger partial charge in [0.1, 0.15) is 0 Å². The molecule has 0 amide bonds. The molecule has 7 rings (SSSR count). The first kappa shape index (κ1) is 31.4. The van der Waals surface area contributed by atoms with Crippen LogP contribution < -0.4 is 5.19 Å². The van der Waals surface area contributed by atoms with Crippen LogP contribution in [0.25, 0.3) is 61.3 Å². The van der Waals surface area contributed by atoms with E-state index in [1.54, 1.807) is 0 Å². The van der Waals surface area contributed by atoms with Crippen molar-refractivity contribution in [1.29, 1.82) is 0 Å². The van der Waals surface area contributed by atoms with Crippen molar-refractivity contribution < 1.29 is 0 Å². The summed E-state index contributed by atoms with van der Waals surface area (Å²) in [6.45, 7) is 19.0. The van der Waals surface area contributed by atoms with E-state index in [0.717, 1.165) is 22.3 Å². The molecule has 0 bridgehead atoms. The summed E-state index contributed by atoms with van der Waals surface area (Å²) in [5.41, 5.74) is 11.0. The molecule has 0 saturated carbocycles. The summed E-state index contributed by atoms with van der Waals surface area (Å²) in [4.78, 5) is 18.6. The lowest BCUT2D eigenvalue weighted by atomic mass is 9.81. The highest BCUT2D eigenvalue weighted by Crippen LogP contribution is 2.49. The van der Waals surface area contributed by atoms with Gasteiger partial charge in [0.2, 0.25) is 0 Å². The molecule has 0 saturated heterocycles. The predicted molar refractivity (Wildman–Crippen MR) is 202 cm³/mol. The second-order valence-corrected chi connectivity index (χ2v) is 18.7. The molecule has 1 aliphatic carbocycles. The van der Waals surface area contributed by atoms with Crippen LogP contribution in [0.5, 0.6) is 0 Å². The number of nitrogens with zero attached hydrogens (tertiary/aromatic N) is 4. The lowest BCUT2D eigenvalue weighted by molar-refractivity contribution is 0.660. The summed E-state index contributed by atoms with van der Waals surface area (Å²) in [5, 5.41) is 1.50. The zero-order chi connectivity index (χ0) is 33.5. The fourth-order valence-electron chi connectivity index (χ4n) is 7.51. The van der Waals surface area contributed by atoms with Crippen LogP contribution >= 0.6 is 0 Å². The maximum Gasteiger partial charge on any atom is 0.187 e. The molecule has 6 aromatic rings. The van der Waals surface area contributed by atoms with E-state index in [9.17, 15) is 0 Å². The topological polar surface area (TPSA) is 43.0 Å². The molecular weight excluding hydrogens is 601 g/mol. The Morgan fingerprint density at radius 3 is 1.69 bits per heavy atom. The van der Waals surface area contributed by atoms with Gasteiger partial charge >= 0.3 is 0 Å². The smallest absolute Gasteiger partial charge is 0.187 e. The van der Waals surface area contributed by atoms with Gasteiger partial charge in [0.25, 0.3) is 0 Å². The van der Waals surface area contributed by atoms with Gasteiger partial charge in [-0.1, -0.05) is 161 Å². The third-order valence-corrected chi connectivity index (χ3v) is 16.3. The molecule has 4 nitrogen and oxygen atoms in total. The third kappa shape index (κ3) is 5.37. The van der Waals surface area contributed by atoms with Crippen molar-refractivity contribution in [2.75, 3.05) is 0 Å². The molecule has 48 heavy (non-hydrogen) atoms. The van der Waals surface area contributed by atoms with Gasteiger partial charge in [-0.05, 0) is 45.5 Å². The second-order valence-electron chi connectivity index (χ2n) is 13.4. The molecule has 236 valence electrons. The molecule has 1 heterocycles. The molecule has 0 radical (unpaired) electrons. The summed E-state index contributed by atoms with van der Waals surface area (Å²) < 4.78 is 0. The van der Waals surface area contributed by atoms with Gasteiger partial charge in [-0.2, -0.15) is 0 Å². The highest BCUT2D eigenvalue weighted by molar-refractivity contribution is 6.91. The van der Waals surface area contributed by atoms with Crippen LogP contribution in [0.15, 0.2) is 115 Å². The van der Waals surface area contributed by atoms with Crippen LogP contribution in [0.4, 0.5) is 5.69 Å². The van der Waals surface area contributed by atoms with Crippen LogP contribution in [0.2, 0.25) is 18.1 Å². The van der Waals surface area contributed by atoms with E-state index < -0.39 is 8.07 Å². The third-order valence-electron chi connectivity index (χ3n) is 10.7. The molecule has 0 unspecified atom stereocenters. The van der Waals surface area contributed by atoms with Gasteiger partial charge in [-0.15, -0.1) is 0 Å². The summed E-state index contributed by atoms with van der Waals surface area (Å²) in [7, 11) is -1.50. The molecule has 5 aromatic carbocycles. The Labute approximate surface area is 285 Å². The van der Waals surface area contributed by atoms with Crippen LogP contribution in [0.3, 0.4) is 0 Å². The van der Waals surface area contributed by atoms with E-state index in [2.05, 4.69) is 130 Å². The molecule has 0 N–H and O–H groups in total. The molecule has 5 heteroatoms. The average molecular weight is 641 g/mol. The Morgan fingerprint density at radius 1 is 0.542 bits per heavy atom. The first-order valence-corrected chi connectivity index (χ1v) is 19.6. The normalized spacial score (nSPS) is 13.1. The minimum absolute atomic E-state index is 0.0660. The molecule has 0 spiro atoms.